The van der Waals surface area contributed by atoms with Gasteiger partial charge in [0.1, 0.15) is 17.9 Å². The van der Waals surface area contributed by atoms with Crippen LogP contribution >= 0.6 is 0 Å². The molecular formula is C12H13NO2. The van der Waals surface area contributed by atoms with Crippen LogP contribution < -0.4 is 4.74 Å². The molecule has 1 aromatic rings. The third-order valence-electron chi connectivity index (χ3n) is 2.70. The zero-order chi connectivity index (χ0) is 10.7. The van der Waals surface area contributed by atoms with E-state index in [4.69, 9.17) is 10.00 Å². The fraction of sp³-hybridized carbons (Fsp3) is 0.417. The standard InChI is InChI=1S/C12H13NO2/c13-8-9-4-1-2-6-11(9)15-12-7-3-5-10(12)14/h1-2,4,6,10,12,14H,3,5,7H2. The molecule has 1 aliphatic carbocycles. The second-order valence-electron chi connectivity index (χ2n) is 3.76. The largest absolute Gasteiger partial charge is 0.486 e. The van der Waals surface area contributed by atoms with E-state index < -0.39 is 6.10 Å². The number of nitrogens with zero attached hydrogens (tertiary/aromatic N) is 1. The number of para-hydroxylation sites is 1. The van der Waals surface area contributed by atoms with Gasteiger partial charge in [-0.25, -0.2) is 0 Å². The van der Waals surface area contributed by atoms with Crippen molar-refractivity contribution in [1.29, 1.82) is 5.26 Å². The molecule has 0 aromatic heterocycles. The zero-order valence-electron chi connectivity index (χ0n) is 8.39. The quantitative estimate of drug-likeness (QED) is 0.798. The Hall–Kier alpha value is -1.53. The minimum atomic E-state index is -0.392. The molecule has 0 heterocycles. The monoisotopic (exact) mass is 203 g/mol. The van der Waals surface area contributed by atoms with Gasteiger partial charge in [0.05, 0.1) is 11.7 Å². The molecule has 1 aromatic carbocycles. The van der Waals surface area contributed by atoms with Gasteiger partial charge >= 0.3 is 0 Å². The first-order valence-electron chi connectivity index (χ1n) is 5.15. The first-order valence-corrected chi connectivity index (χ1v) is 5.15. The lowest BCUT2D eigenvalue weighted by Gasteiger charge is -2.17. The average Bonchev–Trinajstić information content (AvgIpc) is 2.65. The van der Waals surface area contributed by atoms with E-state index in [0.29, 0.717) is 11.3 Å². The van der Waals surface area contributed by atoms with Gasteiger partial charge in [0.15, 0.2) is 0 Å². The van der Waals surface area contributed by atoms with Crippen molar-refractivity contribution in [2.24, 2.45) is 0 Å². The molecule has 78 valence electrons. The third kappa shape index (κ3) is 2.11. The molecule has 1 aliphatic rings. The van der Waals surface area contributed by atoms with Gasteiger partial charge in [0.2, 0.25) is 0 Å². The van der Waals surface area contributed by atoms with Crippen molar-refractivity contribution in [2.75, 3.05) is 0 Å². The van der Waals surface area contributed by atoms with Gasteiger partial charge in [-0.05, 0) is 31.4 Å². The summed E-state index contributed by atoms with van der Waals surface area (Å²) < 4.78 is 5.64. The van der Waals surface area contributed by atoms with E-state index in [0.717, 1.165) is 19.3 Å². The van der Waals surface area contributed by atoms with Crippen LogP contribution in [-0.2, 0) is 0 Å². The summed E-state index contributed by atoms with van der Waals surface area (Å²) in [6, 6.07) is 9.20. The van der Waals surface area contributed by atoms with E-state index in [9.17, 15) is 5.11 Å². The lowest BCUT2D eigenvalue weighted by atomic mass is 10.2. The van der Waals surface area contributed by atoms with E-state index in [2.05, 4.69) is 6.07 Å². The fourth-order valence-electron chi connectivity index (χ4n) is 1.87. The molecule has 0 saturated heterocycles. The van der Waals surface area contributed by atoms with Crippen LogP contribution in [0.1, 0.15) is 24.8 Å². The number of aliphatic hydroxyl groups excluding tert-OH is 1. The highest BCUT2D eigenvalue weighted by molar-refractivity contribution is 5.42. The smallest absolute Gasteiger partial charge is 0.137 e. The van der Waals surface area contributed by atoms with Crippen molar-refractivity contribution >= 4 is 0 Å². The van der Waals surface area contributed by atoms with Crippen LogP contribution in [-0.4, -0.2) is 17.3 Å². The number of benzene rings is 1. The molecule has 3 nitrogen and oxygen atoms in total. The summed E-state index contributed by atoms with van der Waals surface area (Å²) in [6.45, 7) is 0. The molecule has 1 fully saturated rings. The van der Waals surface area contributed by atoms with Gasteiger partial charge in [0.25, 0.3) is 0 Å². The maximum atomic E-state index is 9.61. The van der Waals surface area contributed by atoms with Gasteiger partial charge in [-0.15, -0.1) is 0 Å². The Bertz CT molecular complexity index is 383. The second-order valence-corrected chi connectivity index (χ2v) is 3.76. The molecule has 1 N–H and O–H groups in total. The number of aliphatic hydroxyl groups is 1. The highest BCUT2D eigenvalue weighted by Crippen LogP contribution is 2.26. The number of hydrogen-bond acceptors (Lipinski definition) is 3. The summed E-state index contributed by atoms with van der Waals surface area (Å²) in [5.41, 5.74) is 0.525. The summed E-state index contributed by atoms with van der Waals surface area (Å²) in [4.78, 5) is 0. The van der Waals surface area contributed by atoms with Crippen LogP contribution in [0, 0.1) is 11.3 Å². The van der Waals surface area contributed by atoms with Crippen molar-refractivity contribution < 1.29 is 9.84 Å². The van der Waals surface area contributed by atoms with Gasteiger partial charge in [-0.2, -0.15) is 5.26 Å². The van der Waals surface area contributed by atoms with Gasteiger partial charge in [-0.1, -0.05) is 12.1 Å². The Kier molecular flexibility index (Phi) is 2.89. The molecule has 2 rings (SSSR count). The number of hydrogen-bond donors (Lipinski definition) is 1. The first-order chi connectivity index (χ1) is 7.31. The summed E-state index contributed by atoms with van der Waals surface area (Å²) >= 11 is 0. The lowest BCUT2D eigenvalue weighted by molar-refractivity contribution is 0.0602. The maximum Gasteiger partial charge on any atom is 0.137 e. The Labute approximate surface area is 88.9 Å². The summed E-state index contributed by atoms with van der Waals surface area (Å²) in [5, 5.41) is 18.5. The second kappa shape index (κ2) is 4.33. The van der Waals surface area contributed by atoms with E-state index in [1.807, 2.05) is 6.07 Å². The Morgan fingerprint density at radius 3 is 2.80 bits per heavy atom. The average molecular weight is 203 g/mol. The molecule has 0 radical (unpaired) electrons. The molecule has 0 bridgehead atoms. The molecule has 0 aliphatic heterocycles. The summed E-state index contributed by atoms with van der Waals surface area (Å²) in [6.07, 6.45) is 2.09. The minimum absolute atomic E-state index is 0.153. The van der Waals surface area contributed by atoms with Crippen molar-refractivity contribution in [2.45, 2.75) is 31.5 Å². The number of nitriles is 1. The normalized spacial score (nSPS) is 24.8. The molecule has 1 saturated carbocycles. The van der Waals surface area contributed by atoms with Gasteiger partial charge in [-0.3, -0.25) is 0 Å². The van der Waals surface area contributed by atoms with Crippen LogP contribution in [0.3, 0.4) is 0 Å². The molecule has 2 unspecified atom stereocenters. The van der Waals surface area contributed by atoms with Crippen LogP contribution in [0.4, 0.5) is 0 Å². The first kappa shape index (κ1) is 10.0. The predicted molar refractivity (Wildman–Crippen MR) is 55.4 cm³/mol. The Morgan fingerprint density at radius 2 is 2.13 bits per heavy atom. The van der Waals surface area contributed by atoms with Crippen molar-refractivity contribution in [3.63, 3.8) is 0 Å². The van der Waals surface area contributed by atoms with Crippen molar-refractivity contribution in [3.05, 3.63) is 29.8 Å². The van der Waals surface area contributed by atoms with Crippen LogP contribution in [0.2, 0.25) is 0 Å². The van der Waals surface area contributed by atoms with Gasteiger partial charge < -0.3 is 9.84 Å². The van der Waals surface area contributed by atoms with E-state index >= 15 is 0 Å². The maximum absolute atomic E-state index is 9.61. The van der Waals surface area contributed by atoms with Crippen molar-refractivity contribution in [3.8, 4) is 11.8 Å². The van der Waals surface area contributed by atoms with Gasteiger partial charge in [0, 0.05) is 0 Å². The molecule has 0 amide bonds. The molecular weight excluding hydrogens is 190 g/mol. The van der Waals surface area contributed by atoms with Crippen LogP contribution in [0.15, 0.2) is 24.3 Å². The summed E-state index contributed by atoms with van der Waals surface area (Å²) in [7, 11) is 0. The summed E-state index contributed by atoms with van der Waals surface area (Å²) in [5.74, 6) is 0.575. The topological polar surface area (TPSA) is 53.2 Å². The Balaban J connectivity index is 2.14. The predicted octanol–water partition coefficient (Wildman–Crippen LogP) is 1.85. The van der Waals surface area contributed by atoms with Crippen LogP contribution in [0.5, 0.6) is 5.75 Å². The molecule has 0 spiro atoms. The Morgan fingerprint density at radius 1 is 1.33 bits per heavy atom. The third-order valence-corrected chi connectivity index (χ3v) is 2.70. The highest BCUT2D eigenvalue weighted by atomic mass is 16.5. The highest BCUT2D eigenvalue weighted by Gasteiger charge is 2.27. The molecule has 2 atom stereocenters. The zero-order valence-corrected chi connectivity index (χ0v) is 8.39. The fourth-order valence-corrected chi connectivity index (χ4v) is 1.87. The SMILES string of the molecule is N#Cc1ccccc1OC1CCCC1O. The lowest BCUT2D eigenvalue weighted by Crippen LogP contribution is -2.25. The minimum Gasteiger partial charge on any atom is -0.486 e. The van der Waals surface area contributed by atoms with Crippen LogP contribution in [0.25, 0.3) is 0 Å². The molecule has 3 heteroatoms. The number of ether oxygens (including phenoxy) is 1. The van der Waals surface area contributed by atoms with E-state index in [1.165, 1.54) is 0 Å². The van der Waals surface area contributed by atoms with E-state index in [-0.39, 0.29) is 6.10 Å². The molecule has 15 heavy (non-hydrogen) atoms. The van der Waals surface area contributed by atoms with E-state index in [1.54, 1.807) is 18.2 Å². The number of rotatable bonds is 2. The van der Waals surface area contributed by atoms with Crippen molar-refractivity contribution in [1.82, 2.24) is 0 Å².